The number of urea groups is 1. The number of carboxylic acid groups (broad SMARTS) is 1. The van der Waals surface area contributed by atoms with Gasteiger partial charge in [0.05, 0.1) is 11.2 Å². The molecule has 0 unspecified atom stereocenters. The van der Waals surface area contributed by atoms with Crippen LogP contribution in [0.4, 0.5) is 15.3 Å². The lowest BCUT2D eigenvalue weighted by molar-refractivity contribution is -0.142. The number of fused-ring (bicyclic) bond motifs is 1. The van der Waals surface area contributed by atoms with Crippen LogP contribution in [0.15, 0.2) is 60.8 Å². The van der Waals surface area contributed by atoms with Crippen LogP contribution in [-0.4, -0.2) is 57.1 Å². The number of nitrogens with two attached hydrogens (primary N) is 2. The number of benzene rings is 2. The standard InChI is InChI=1S/C23H24N6O5/c24-14-10-18(20(30)27-19(21(31)32)13-6-2-1-3-7-13)29(11-14)23(34)26-16-12-28(22(25)33)17-9-5-4-8-15(16)17/h1-9,12,14,18-19H,10-11,24H2,(H2,25,33)(H,26,34)(H,27,30)(H,31,32)/t14-,18-,19-/m0/s1. The summed E-state index contributed by atoms with van der Waals surface area (Å²) in [6, 6.07) is 11.1. The van der Waals surface area contributed by atoms with Crippen molar-refractivity contribution >= 4 is 40.5 Å². The van der Waals surface area contributed by atoms with Crippen molar-refractivity contribution in [2.45, 2.75) is 24.5 Å². The Balaban J connectivity index is 1.55. The minimum Gasteiger partial charge on any atom is -0.479 e. The Hall–Kier alpha value is -4.38. The summed E-state index contributed by atoms with van der Waals surface area (Å²) in [4.78, 5) is 51.0. The van der Waals surface area contributed by atoms with E-state index in [0.717, 1.165) is 0 Å². The summed E-state index contributed by atoms with van der Waals surface area (Å²) in [7, 11) is 0. The number of hydrogen-bond acceptors (Lipinski definition) is 5. The van der Waals surface area contributed by atoms with Crippen molar-refractivity contribution in [2.75, 3.05) is 11.9 Å². The Morgan fingerprint density at radius 2 is 1.71 bits per heavy atom. The molecule has 0 aliphatic carbocycles. The zero-order valence-corrected chi connectivity index (χ0v) is 18.0. The number of nitrogens with zero attached hydrogens (tertiary/aromatic N) is 2. The molecule has 2 aromatic carbocycles. The molecule has 0 spiro atoms. The van der Waals surface area contributed by atoms with E-state index < -0.39 is 42.1 Å². The van der Waals surface area contributed by atoms with Crippen molar-refractivity contribution in [2.24, 2.45) is 11.5 Å². The highest BCUT2D eigenvalue weighted by Crippen LogP contribution is 2.27. The van der Waals surface area contributed by atoms with Crippen LogP contribution in [0.1, 0.15) is 18.0 Å². The lowest BCUT2D eigenvalue weighted by Crippen LogP contribution is -2.49. The maximum Gasteiger partial charge on any atom is 0.330 e. The molecule has 4 rings (SSSR count). The van der Waals surface area contributed by atoms with Gasteiger partial charge < -0.3 is 32.1 Å². The Morgan fingerprint density at radius 3 is 2.38 bits per heavy atom. The number of amides is 4. The van der Waals surface area contributed by atoms with Crippen molar-refractivity contribution in [1.82, 2.24) is 14.8 Å². The van der Waals surface area contributed by atoms with E-state index >= 15 is 0 Å². The van der Waals surface area contributed by atoms with Gasteiger partial charge in [-0.2, -0.15) is 0 Å². The number of rotatable bonds is 5. The van der Waals surface area contributed by atoms with Gasteiger partial charge in [-0.25, -0.2) is 14.4 Å². The molecular weight excluding hydrogens is 440 g/mol. The van der Waals surface area contributed by atoms with Crippen LogP contribution in [0.2, 0.25) is 0 Å². The average molecular weight is 464 g/mol. The number of nitrogens with one attached hydrogen (secondary N) is 2. The largest absolute Gasteiger partial charge is 0.479 e. The number of primary amides is 1. The van der Waals surface area contributed by atoms with Crippen LogP contribution in [0.25, 0.3) is 10.9 Å². The SMILES string of the molecule is NC(=O)n1cc(NC(=O)N2C[C@@H](N)C[C@H]2C(=O)N[C@H](C(=O)O)c2ccccc2)c2ccccc21. The molecule has 0 saturated carbocycles. The minimum absolute atomic E-state index is 0.0987. The fourth-order valence-electron chi connectivity index (χ4n) is 4.16. The number of aromatic nitrogens is 1. The summed E-state index contributed by atoms with van der Waals surface area (Å²) in [6.45, 7) is 0.0987. The normalized spacial score (nSPS) is 18.4. The van der Waals surface area contributed by atoms with Crippen molar-refractivity contribution in [3.63, 3.8) is 0 Å². The first kappa shape index (κ1) is 22.8. The van der Waals surface area contributed by atoms with Gasteiger partial charge >= 0.3 is 18.0 Å². The van der Waals surface area contributed by atoms with E-state index in [1.165, 1.54) is 15.7 Å². The van der Waals surface area contributed by atoms with Gasteiger partial charge in [-0.3, -0.25) is 9.36 Å². The van der Waals surface area contributed by atoms with E-state index in [4.69, 9.17) is 11.5 Å². The van der Waals surface area contributed by atoms with Crippen molar-refractivity contribution in [3.8, 4) is 0 Å². The van der Waals surface area contributed by atoms with Gasteiger partial charge in [0, 0.05) is 24.2 Å². The van der Waals surface area contributed by atoms with Crippen molar-refractivity contribution < 1.29 is 24.3 Å². The lowest BCUT2D eigenvalue weighted by atomic mass is 10.1. The van der Waals surface area contributed by atoms with Crippen LogP contribution in [0.5, 0.6) is 0 Å². The summed E-state index contributed by atoms with van der Waals surface area (Å²) in [5.41, 5.74) is 12.7. The highest BCUT2D eigenvalue weighted by Gasteiger charge is 2.40. The minimum atomic E-state index is -1.27. The van der Waals surface area contributed by atoms with E-state index in [1.54, 1.807) is 54.6 Å². The van der Waals surface area contributed by atoms with Crippen molar-refractivity contribution in [3.05, 3.63) is 66.4 Å². The molecule has 1 aromatic heterocycles. The van der Waals surface area contributed by atoms with E-state index in [-0.39, 0.29) is 13.0 Å². The predicted molar refractivity (Wildman–Crippen MR) is 124 cm³/mol. The zero-order valence-electron chi connectivity index (χ0n) is 18.0. The molecule has 2 heterocycles. The summed E-state index contributed by atoms with van der Waals surface area (Å²) >= 11 is 0. The predicted octanol–water partition coefficient (Wildman–Crippen LogP) is 1.44. The fraction of sp³-hybridized carbons (Fsp3) is 0.217. The van der Waals surface area contributed by atoms with Gasteiger partial charge in [0.2, 0.25) is 5.91 Å². The number of aliphatic carboxylic acids is 1. The maximum absolute atomic E-state index is 13.1. The third-order valence-electron chi connectivity index (χ3n) is 5.75. The molecule has 11 nitrogen and oxygen atoms in total. The van der Waals surface area contributed by atoms with E-state index in [2.05, 4.69) is 10.6 Å². The zero-order chi connectivity index (χ0) is 24.4. The second kappa shape index (κ2) is 9.24. The topological polar surface area (TPSA) is 173 Å². The van der Waals surface area contributed by atoms with Crippen molar-refractivity contribution in [1.29, 1.82) is 0 Å². The summed E-state index contributed by atoms with van der Waals surface area (Å²) in [5, 5.41) is 15.4. The highest BCUT2D eigenvalue weighted by molar-refractivity contribution is 6.05. The molecule has 1 fully saturated rings. The number of carbonyl (C=O) groups excluding carboxylic acids is 3. The molecule has 1 aliphatic heterocycles. The van der Waals surface area contributed by atoms with Crippen LogP contribution < -0.4 is 22.1 Å². The number of carboxylic acids is 1. The third kappa shape index (κ3) is 4.41. The van der Waals surface area contributed by atoms with Gasteiger partial charge in [0.1, 0.15) is 6.04 Å². The molecule has 176 valence electrons. The Kier molecular flexibility index (Phi) is 6.19. The van der Waals surface area contributed by atoms with Gasteiger partial charge in [-0.05, 0) is 18.1 Å². The fourth-order valence-corrected chi connectivity index (χ4v) is 4.16. The molecule has 0 bridgehead atoms. The second-order valence-corrected chi connectivity index (χ2v) is 8.05. The molecule has 11 heteroatoms. The number of hydrogen-bond donors (Lipinski definition) is 5. The van der Waals surface area contributed by atoms with E-state index in [9.17, 15) is 24.3 Å². The van der Waals surface area contributed by atoms with Gasteiger partial charge in [-0.1, -0.05) is 48.5 Å². The first-order valence-electron chi connectivity index (χ1n) is 10.6. The molecular formula is C23H24N6O5. The second-order valence-electron chi connectivity index (χ2n) is 8.05. The lowest BCUT2D eigenvalue weighted by Gasteiger charge is -2.25. The molecule has 0 radical (unpaired) electrons. The maximum atomic E-state index is 13.1. The number of para-hydroxylation sites is 1. The Labute approximate surface area is 194 Å². The summed E-state index contributed by atoms with van der Waals surface area (Å²) in [6.07, 6.45) is 1.58. The summed E-state index contributed by atoms with van der Waals surface area (Å²) in [5.74, 6) is -1.85. The summed E-state index contributed by atoms with van der Waals surface area (Å²) < 4.78 is 1.21. The van der Waals surface area contributed by atoms with Crippen LogP contribution in [-0.2, 0) is 9.59 Å². The smallest absolute Gasteiger partial charge is 0.330 e. The monoisotopic (exact) mass is 464 g/mol. The average Bonchev–Trinajstić information content (AvgIpc) is 3.39. The molecule has 3 atom stereocenters. The van der Waals surface area contributed by atoms with Gasteiger partial charge in [0.25, 0.3) is 0 Å². The first-order chi connectivity index (χ1) is 16.3. The van der Waals surface area contributed by atoms with Crippen LogP contribution in [0, 0.1) is 0 Å². The number of carbonyl (C=O) groups is 4. The third-order valence-corrected chi connectivity index (χ3v) is 5.75. The highest BCUT2D eigenvalue weighted by atomic mass is 16.4. The molecule has 1 saturated heterocycles. The molecule has 1 aliphatic rings. The quantitative estimate of drug-likeness (QED) is 0.382. The Morgan fingerprint density at radius 1 is 1.03 bits per heavy atom. The molecule has 34 heavy (non-hydrogen) atoms. The van der Waals surface area contributed by atoms with Gasteiger partial charge in [0.15, 0.2) is 6.04 Å². The van der Waals surface area contributed by atoms with Crippen LogP contribution in [0.3, 0.4) is 0 Å². The number of likely N-dealkylation sites (tertiary alicyclic amines) is 1. The van der Waals surface area contributed by atoms with E-state index in [0.29, 0.717) is 22.2 Å². The molecule has 7 N–H and O–H groups in total. The van der Waals surface area contributed by atoms with Gasteiger partial charge in [-0.15, -0.1) is 0 Å². The first-order valence-corrected chi connectivity index (χ1v) is 10.6. The van der Waals surface area contributed by atoms with Crippen LogP contribution >= 0.6 is 0 Å². The van der Waals surface area contributed by atoms with E-state index in [1.807, 2.05) is 0 Å². The molecule has 3 aromatic rings. The molecule has 4 amide bonds. The number of anilines is 1. The Bertz CT molecular complexity index is 1260.